The molecule has 0 bridgehead atoms. The van der Waals surface area contributed by atoms with Gasteiger partial charge in [0.05, 0.1) is 6.54 Å². The predicted octanol–water partition coefficient (Wildman–Crippen LogP) is 2.56. The van der Waals surface area contributed by atoms with Crippen LogP contribution in [0.15, 0.2) is 0 Å². The van der Waals surface area contributed by atoms with Crippen LogP contribution in [0.25, 0.3) is 0 Å². The molecule has 4 nitrogen and oxygen atoms in total. The van der Waals surface area contributed by atoms with Gasteiger partial charge < -0.3 is 10.2 Å². The molecule has 1 aliphatic heterocycles. The van der Waals surface area contributed by atoms with Crippen molar-refractivity contribution < 1.29 is 18.0 Å². The van der Waals surface area contributed by atoms with Crippen molar-refractivity contribution in [2.75, 3.05) is 46.3 Å². The normalized spacial score (nSPS) is 17.8. The molecule has 1 fully saturated rings. The van der Waals surface area contributed by atoms with Gasteiger partial charge in [0.2, 0.25) is 5.91 Å². The Kier molecular flexibility index (Phi) is 13.2. The molecule has 0 aromatic heterocycles. The number of rotatable bonds is 8. The summed E-state index contributed by atoms with van der Waals surface area (Å²) in [5.41, 5.74) is 0. The van der Waals surface area contributed by atoms with E-state index in [2.05, 4.69) is 5.32 Å². The molecule has 0 aromatic carbocycles. The molecular weight excluding hydrogens is 354 g/mol. The third-order valence-corrected chi connectivity index (χ3v) is 3.82. The third kappa shape index (κ3) is 10.3. The molecule has 1 saturated heterocycles. The quantitative estimate of drug-likeness (QED) is 0.656. The van der Waals surface area contributed by atoms with E-state index in [0.717, 1.165) is 19.4 Å². The van der Waals surface area contributed by atoms with Crippen LogP contribution in [0.5, 0.6) is 0 Å². The standard InChI is InChI=1S/C14H26F3N3O.2ClH/c1-3-19(11-14(15,16)17)9-12-6-8-20(10-12)13(21)5-4-7-18-2;;/h12,18H,3-11H2,1-2H3;2*1H. The minimum Gasteiger partial charge on any atom is -0.342 e. The molecular formula is C14H28Cl2F3N3O. The highest BCUT2D eigenvalue weighted by Gasteiger charge is 2.33. The predicted molar refractivity (Wildman–Crippen MR) is 90.5 cm³/mol. The lowest BCUT2D eigenvalue weighted by Gasteiger charge is -2.25. The van der Waals surface area contributed by atoms with Gasteiger partial charge in [-0.25, -0.2) is 0 Å². The van der Waals surface area contributed by atoms with Gasteiger partial charge in [-0.3, -0.25) is 9.69 Å². The highest BCUT2D eigenvalue weighted by atomic mass is 35.5. The fourth-order valence-corrected chi connectivity index (χ4v) is 2.71. The maximum Gasteiger partial charge on any atom is 0.401 e. The van der Waals surface area contributed by atoms with Crippen molar-refractivity contribution >= 4 is 30.7 Å². The van der Waals surface area contributed by atoms with Gasteiger partial charge in [0.15, 0.2) is 0 Å². The monoisotopic (exact) mass is 381 g/mol. The van der Waals surface area contributed by atoms with Gasteiger partial charge in [0.1, 0.15) is 0 Å². The summed E-state index contributed by atoms with van der Waals surface area (Å²) in [6, 6.07) is 0. The number of amides is 1. The lowest BCUT2D eigenvalue weighted by atomic mass is 10.1. The zero-order valence-electron chi connectivity index (χ0n) is 13.7. The van der Waals surface area contributed by atoms with Crippen molar-refractivity contribution in [3.8, 4) is 0 Å². The number of likely N-dealkylation sites (tertiary alicyclic amines) is 1. The van der Waals surface area contributed by atoms with E-state index < -0.39 is 12.7 Å². The number of alkyl halides is 3. The van der Waals surface area contributed by atoms with Gasteiger partial charge in [0, 0.05) is 26.1 Å². The number of carbonyl (C=O) groups is 1. The largest absolute Gasteiger partial charge is 0.401 e. The number of nitrogens with one attached hydrogen (secondary N) is 1. The van der Waals surface area contributed by atoms with Gasteiger partial charge in [-0.05, 0) is 38.9 Å². The third-order valence-electron chi connectivity index (χ3n) is 3.82. The maximum absolute atomic E-state index is 12.4. The smallest absolute Gasteiger partial charge is 0.342 e. The number of halogens is 5. The summed E-state index contributed by atoms with van der Waals surface area (Å²) < 4.78 is 37.3. The molecule has 1 amide bonds. The van der Waals surface area contributed by atoms with E-state index in [1.807, 2.05) is 7.05 Å². The fourth-order valence-electron chi connectivity index (χ4n) is 2.71. The molecule has 0 aliphatic carbocycles. The lowest BCUT2D eigenvalue weighted by molar-refractivity contribution is -0.146. The SMILES string of the molecule is CCN(CC1CCN(C(=O)CCCNC)C1)CC(F)(F)F.Cl.Cl. The number of carbonyl (C=O) groups excluding carboxylic acids is 1. The van der Waals surface area contributed by atoms with Crippen LogP contribution in [0.1, 0.15) is 26.2 Å². The molecule has 9 heteroatoms. The Balaban J connectivity index is 0. The molecule has 1 atom stereocenters. The molecule has 0 radical (unpaired) electrons. The van der Waals surface area contributed by atoms with Gasteiger partial charge in [-0.2, -0.15) is 13.2 Å². The Morgan fingerprint density at radius 3 is 2.52 bits per heavy atom. The van der Waals surface area contributed by atoms with Crippen LogP contribution >= 0.6 is 24.8 Å². The van der Waals surface area contributed by atoms with Crippen LogP contribution < -0.4 is 5.32 Å². The maximum atomic E-state index is 12.4. The van der Waals surface area contributed by atoms with Gasteiger partial charge >= 0.3 is 6.18 Å². The van der Waals surface area contributed by atoms with Gasteiger partial charge in [-0.1, -0.05) is 6.92 Å². The highest BCUT2D eigenvalue weighted by molar-refractivity contribution is 5.85. The second kappa shape index (κ2) is 12.2. The minimum atomic E-state index is -4.16. The van der Waals surface area contributed by atoms with E-state index in [0.29, 0.717) is 32.6 Å². The van der Waals surface area contributed by atoms with E-state index in [1.54, 1.807) is 11.8 Å². The second-order valence-electron chi connectivity index (χ2n) is 5.64. The molecule has 1 unspecified atom stereocenters. The van der Waals surface area contributed by atoms with E-state index >= 15 is 0 Å². The first-order chi connectivity index (χ1) is 9.85. The van der Waals surface area contributed by atoms with Crippen molar-refractivity contribution in [2.45, 2.75) is 32.4 Å². The first-order valence-electron chi connectivity index (χ1n) is 7.57. The topological polar surface area (TPSA) is 35.6 Å². The molecule has 0 spiro atoms. The summed E-state index contributed by atoms with van der Waals surface area (Å²) in [6.07, 6.45) is -2.05. The summed E-state index contributed by atoms with van der Waals surface area (Å²) in [7, 11) is 1.84. The molecule has 0 saturated carbocycles. The van der Waals surface area contributed by atoms with Crippen LogP contribution in [0, 0.1) is 5.92 Å². The molecule has 1 rings (SSSR count). The average molecular weight is 382 g/mol. The Bertz CT molecular complexity index is 333. The average Bonchev–Trinajstić information content (AvgIpc) is 2.85. The van der Waals surface area contributed by atoms with E-state index in [-0.39, 0.29) is 36.6 Å². The van der Waals surface area contributed by atoms with Crippen molar-refractivity contribution in [1.29, 1.82) is 0 Å². The summed E-state index contributed by atoms with van der Waals surface area (Å²) in [4.78, 5) is 15.2. The number of hydrogen-bond donors (Lipinski definition) is 1. The minimum absolute atomic E-state index is 0. The second-order valence-corrected chi connectivity index (χ2v) is 5.64. The highest BCUT2D eigenvalue weighted by Crippen LogP contribution is 2.21. The Hall–Kier alpha value is -0.240. The Labute approximate surface area is 149 Å². The van der Waals surface area contributed by atoms with Gasteiger partial charge in [0.25, 0.3) is 0 Å². The summed E-state index contributed by atoms with van der Waals surface area (Å²) in [5.74, 6) is 0.271. The van der Waals surface area contributed by atoms with Gasteiger partial charge in [-0.15, -0.1) is 24.8 Å². The van der Waals surface area contributed by atoms with E-state index in [4.69, 9.17) is 0 Å². The van der Waals surface area contributed by atoms with Crippen molar-refractivity contribution in [3.05, 3.63) is 0 Å². The van der Waals surface area contributed by atoms with E-state index in [1.165, 1.54) is 4.90 Å². The van der Waals surface area contributed by atoms with E-state index in [9.17, 15) is 18.0 Å². The first-order valence-corrected chi connectivity index (χ1v) is 7.57. The number of hydrogen-bond acceptors (Lipinski definition) is 3. The van der Waals surface area contributed by atoms with Crippen molar-refractivity contribution in [2.24, 2.45) is 5.92 Å². The van der Waals surface area contributed by atoms with Crippen LogP contribution in [0.4, 0.5) is 13.2 Å². The first kappa shape index (κ1) is 25.0. The lowest BCUT2D eigenvalue weighted by Crippen LogP contribution is -2.38. The molecule has 1 heterocycles. The van der Waals surface area contributed by atoms with Crippen molar-refractivity contribution in [3.63, 3.8) is 0 Å². The molecule has 0 aromatic rings. The summed E-state index contributed by atoms with van der Waals surface area (Å²) in [6.45, 7) is 3.73. The van der Waals surface area contributed by atoms with Crippen LogP contribution in [-0.4, -0.2) is 68.2 Å². The summed E-state index contributed by atoms with van der Waals surface area (Å²) in [5, 5.41) is 2.99. The van der Waals surface area contributed by atoms with Crippen LogP contribution in [-0.2, 0) is 4.79 Å². The molecule has 23 heavy (non-hydrogen) atoms. The Morgan fingerprint density at radius 1 is 1.35 bits per heavy atom. The van der Waals surface area contributed by atoms with Crippen molar-refractivity contribution in [1.82, 2.24) is 15.1 Å². The molecule has 1 aliphatic rings. The Morgan fingerprint density at radius 2 is 2.00 bits per heavy atom. The zero-order chi connectivity index (χ0) is 15.9. The zero-order valence-corrected chi connectivity index (χ0v) is 15.3. The fraction of sp³-hybridized carbons (Fsp3) is 0.929. The molecule has 140 valence electrons. The number of nitrogens with zero attached hydrogens (tertiary/aromatic N) is 2. The van der Waals surface area contributed by atoms with Crippen LogP contribution in [0.2, 0.25) is 0 Å². The molecule has 1 N–H and O–H groups in total. The summed E-state index contributed by atoms with van der Waals surface area (Å²) >= 11 is 0. The van der Waals surface area contributed by atoms with Crippen LogP contribution in [0.3, 0.4) is 0 Å².